The van der Waals surface area contributed by atoms with Crippen LogP contribution in [0.2, 0.25) is 0 Å². The molecule has 1 saturated carbocycles. The molecule has 4 heteroatoms. The van der Waals surface area contributed by atoms with Gasteiger partial charge in [-0.1, -0.05) is 26.2 Å². The summed E-state index contributed by atoms with van der Waals surface area (Å²) in [6.45, 7) is 6.60. The highest BCUT2D eigenvalue weighted by Crippen LogP contribution is 2.26. The van der Waals surface area contributed by atoms with Gasteiger partial charge in [0.2, 0.25) is 0 Å². The molecule has 0 heterocycles. The van der Waals surface area contributed by atoms with Crippen LogP contribution in [-0.4, -0.2) is 35.7 Å². The molecule has 124 valence electrons. The van der Waals surface area contributed by atoms with Crippen molar-refractivity contribution in [3.05, 3.63) is 0 Å². The Kier molecular flexibility index (Phi) is 9.41. The Bertz CT molecular complexity index is 295. The summed E-state index contributed by atoms with van der Waals surface area (Å²) >= 11 is 2.05. The maximum Gasteiger partial charge on any atom is 0.326 e. The molecule has 1 atom stereocenters. The molecule has 0 amide bonds. The molecule has 1 N–H and O–H groups in total. The summed E-state index contributed by atoms with van der Waals surface area (Å²) in [5, 5.41) is 3.49. The average Bonchev–Trinajstić information content (AvgIpc) is 3.26. The summed E-state index contributed by atoms with van der Waals surface area (Å²) in [6.07, 6.45) is 9.55. The fraction of sp³-hybridized carbons (Fsp3) is 0.941. The van der Waals surface area contributed by atoms with E-state index in [2.05, 4.69) is 24.0 Å². The zero-order valence-corrected chi connectivity index (χ0v) is 14.9. The fourth-order valence-corrected chi connectivity index (χ4v) is 3.46. The molecule has 1 rings (SSSR count). The smallest absolute Gasteiger partial charge is 0.326 e. The van der Waals surface area contributed by atoms with Gasteiger partial charge < -0.3 is 4.74 Å². The standard InChI is InChI=1S/C17H33NO2S/c1-4-6-8-13-21-14-9-7-12-17(3,16(19)20-5-2)18-15-10-11-15/h15,18H,4-14H2,1-3H3. The second-order valence-corrected chi connectivity index (χ2v) is 7.47. The predicted octanol–water partition coefficient (Wildman–Crippen LogP) is 4.15. The maximum atomic E-state index is 12.2. The van der Waals surface area contributed by atoms with Crippen molar-refractivity contribution in [2.24, 2.45) is 0 Å². The number of rotatable bonds is 13. The molecule has 0 saturated heterocycles. The quantitative estimate of drug-likeness (QED) is 0.409. The second-order valence-electron chi connectivity index (χ2n) is 6.25. The van der Waals surface area contributed by atoms with Gasteiger partial charge in [-0.15, -0.1) is 0 Å². The van der Waals surface area contributed by atoms with Crippen LogP contribution < -0.4 is 5.32 Å². The SMILES string of the molecule is CCCCCSCCCCC(C)(NC1CC1)C(=O)OCC. The van der Waals surface area contributed by atoms with E-state index in [1.807, 2.05) is 13.8 Å². The minimum absolute atomic E-state index is 0.0764. The third-order valence-corrected chi connectivity index (χ3v) is 5.09. The average molecular weight is 316 g/mol. The molecule has 1 unspecified atom stereocenters. The van der Waals surface area contributed by atoms with Crippen LogP contribution in [0, 0.1) is 0 Å². The van der Waals surface area contributed by atoms with Crippen molar-refractivity contribution in [3.63, 3.8) is 0 Å². The van der Waals surface area contributed by atoms with Crippen molar-refractivity contribution >= 4 is 17.7 Å². The molecule has 0 aromatic carbocycles. The molecule has 0 aromatic rings. The van der Waals surface area contributed by atoms with Crippen molar-refractivity contribution in [2.75, 3.05) is 18.1 Å². The molecule has 0 radical (unpaired) electrons. The first kappa shape index (κ1) is 18.8. The monoisotopic (exact) mass is 315 g/mol. The summed E-state index contributed by atoms with van der Waals surface area (Å²) in [4.78, 5) is 12.2. The second kappa shape index (κ2) is 10.5. The minimum atomic E-state index is -0.482. The first-order valence-corrected chi connectivity index (χ1v) is 9.80. The summed E-state index contributed by atoms with van der Waals surface area (Å²) in [6, 6.07) is 0.530. The molecular formula is C17H33NO2S. The molecule has 1 fully saturated rings. The number of nitrogens with one attached hydrogen (secondary N) is 1. The van der Waals surface area contributed by atoms with Crippen molar-refractivity contribution in [2.45, 2.75) is 83.7 Å². The van der Waals surface area contributed by atoms with Gasteiger partial charge in [-0.2, -0.15) is 11.8 Å². The third-order valence-electron chi connectivity index (χ3n) is 3.93. The van der Waals surface area contributed by atoms with E-state index in [1.54, 1.807) is 0 Å². The number of unbranched alkanes of at least 4 members (excludes halogenated alkanes) is 3. The Labute approximate surface area is 135 Å². The van der Waals surface area contributed by atoms with Crippen LogP contribution in [0.25, 0.3) is 0 Å². The number of carbonyl (C=O) groups excluding carboxylic acids is 1. The van der Waals surface area contributed by atoms with E-state index in [-0.39, 0.29) is 5.97 Å². The molecule has 0 spiro atoms. The Balaban J connectivity index is 2.18. The van der Waals surface area contributed by atoms with Crippen molar-refractivity contribution < 1.29 is 9.53 Å². The van der Waals surface area contributed by atoms with E-state index in [9.17, 15) is 4.79 Å². The number of carbonyl (C=O) groups is 1. The van der Waals surface area contributed by atoms with E-state index in [4.69, 9.17) is 4.74 Å². The van der Waals surface area contributed by atoms with Crippen LogP contribution in [0.15, 0.2) is 0 Å². The first-order valence-electron chi connectivity index (χ1n) is 8.65. The number of hydrogen-bond donors (Lipinski definition) is 1. The van der Waals surface area contributed by atoms with Gasteiger partial charge in [-0.3, -0.25) is 10.1 Å². The lowest BCUT2D eigenvalue weighted by molar-refractivity contribution is -0.151. The van der Waals surface area contributed by atoms with E-state index < -0.39 is 5.54 Å². The van der Waals surface area contributed by atoms with Crippen LogP contribution >= 0.6 is 11.8 Å². The summed E-state index contributed by atoms with van der Waals surface area (Å²) in [7, 11) is 0. The predicted molar refractivity (Wildman–Crippen MR) is 91.9 cm³/mol. The molecule has 1 aliphatic rings. The summed E-state index contributed by atoms with van der Waals surface area (Å²) in [5.41, 5.74) is -0.482. The Morgan fingerprint density at radius 3 is 2.43 bits per heavy atom. The molecule has 1 aliphatic carbocycles. The molecule has 0 aromatic heterocycles. The highest BCUT2D eigenvalue weighted by Gasteiger charge is 2.38. The lowest BCUT2D eigenvalue weighted by atomic mass is 9.94. The van der Waals surface area contributed by atoms with Crippen LogP contribution in [-0.2, 0) is 9.53 Å². The lowest BCUT2D eigenvalue weighted by Gasteiger charge is -2.28. The molecule has 21 heavy (non-hydrogen) atoms. The van der Waals surface area contributed by atoms with Gasteiger partial charge in [0.1, 0.15) is 5.54 Å². The number of ether oxygens (including phenoxy) is 1. The summed E-state index contributed by atoms with van der Waals surface area (Å²) in [5.74, 6) is 2.42. The van der Waals surface area contributed by atoms with Gasteiger partial charge in [0.05, 0.1) is 6.61 Å². The van der Waals surface area contributed by atoms with Crippen LogP contribution in [0.3, 0.4) is 0 Å². The highest BCUT2D eigenvalue weighted by molar-refractivity contribution is 7.99. The zero-order valence-electron chi connectivity index (χ0n) is 14.1. The topological polar surface area (TPSA) is 38.3 Å². The van der Waals surface area contributed by atoms with Crippen molar-refractivity contribution in [1.29, 1.82) is 0 Å². The Hall–Kier alpha value is -0.220. The molecule has 3 nitrogen and oxygen atoms in total. The lowest BCUT2D eigenvalue weighted by Crippen LogP contribution is -2.51. The minimum Gasteiger partial charge on any atom is -0.465 e. The van der Waals surface area contributed by atoms with Crippen LogP contribution in [0.1, 0.15) is 72.1 Å². The number of thioether (sulfide) groups is 1. The fourth-order valence-electron chi connectivity index (χ4n) is 2.44. The zero-order chi connectivity index (χ0) is 15.6. The van der Waals surface area contributed by atoms with E-state index in [1.165, 1.54) is 50.0 Å². The van der Waals surface area contributed by atoms with Gasteiger partial charge in [-0.05, 0) is 57.5 Å². The normalized spacial score (nSPS) is 17.5. The van der Waals surface area contributed by atoms with Gasteiger partial charge >= 0.3 is 5.97 Å². The highest BCUT2D eigenvalue weighted by atomic mass is 32.2. The number of esters is 1. The number of hydrogen-bond acceptors (Lipinski definition) is 4. The molecular weight excluding hydrogens is 282 g/mol. The van der Waals surface area contributed by atoms with Crippen LogP contribution in [0.5, 0.6) is 0 Å². The van der Waals surface area contributed by atoms with Gasteiger partial charge in [0, 0.05) is 6.04 Å². The first-order chi connectivity index (χ1) is 10.1. The third kappa shape index (κ3) is 8.10. The Morgan fingerprint density at radius 2 is 1.86 bits per heavy atom. The van der Waals surface area contributed by atoms with Gasteiger partial charge in [0.15, 0.2) is 0 Å². The Morgan fingerprint density at radius 1 is 1.19 bits per heavy atom. The van der Waals surface area contributed by atoms with Gasteiger partial charge in [-0.25, -0.2) is 0 Å². The summed E-state index contributed by atoms with van der Waals surface area (Å²) < 4.78 is 5.25. The largest absolute Gasteiger partial charge is 0.465 e. The molecule has 0 bridgehead atoms. The van der Waals surface area contributed by atoms with E-state index >= 15 is 0 Å². The molecule has 0 aliphatic heterocycles. The van der Waals surface area contributed by atoms with Gasteiger partial charge in [0.25, 0.3) is 0 Å². The van der Waals surface area contributed by atoms with Crippen LogP contribution in [0.4, 0.5) is 0 Å². The van der Waals surface area contributed by atoms with E-state index in [0.717, 1.165) is 12.8 Å². The van der Waals surface area contributed by atoms with E-state index in [0.29, 0.717) is 12.6 Å². The van der Waals surface area contributed by atoms with Crippen molar-refractivity contribution in [3.8, 4) is 0 Å². The van der Waals surface area contributed by atoms with Crippen molar-refractivity contribution in [1.82, 2.24) is 5.32 Å². The maximum absolute atomic E-state index is 12.2.